The zero-order valence-electron chi connectivity index (χ0n) is 26.3. The topological polar surface area (TPSA) is 15.3 Å². The van der Waals surface area contributed by atoms with E-state index in [4.69, 9.17) is 0 Å². The first-order chi connectivity index (χ1) is 18.1. The van der Waals surface area contributed by atoms with Gasteiger partial charge < -0.3 is 10.2 Å². The van der Waals surface area contributed by atoms with Gasteiger partial charge in [-0.05, 0) is 65.5 Å². The van der Waals surface area contributed by atoms with Gasteiger partial charge in [0.15, 0.2) is 0 Å². The van der Waals surface area contributed by atoms with Gasteiger partial charge in [0.05, 0.1) is 0 Å². The van der Waals surface area contributed by atoms with Crippen molar-refractivity contribution in [1.82, 2.24) is 10.2 Å². The van der Waals surface area contributed by atoms with Crippen LogP contribution >= 0.6 is 0 Å². The van der Waals surface area contributed by atoms with E-state index >= 15 is 0 Å². The Balaban J connectivity index is 4.77. The van der Waals surface area contributed by atoms with Gasteiger partial charge in [-0.3, -0.25) is 0 Å². The van der Waals surface area contributed by atoms with Crippen molar-refractivity contribution >= 4 is 0 Å². The van der Waals surface area contributed by atoms with E-state index in [1.54, 1.807) is 0 Å². The molecule has 0 aliphatic carbocycles. The molecule has 0 bridgehead atoms. The first-order valence-corrected chi connectivity index (χ1v) is 16.8. The van der Waals surface area contributed by atoms with Crippen molar-refractivity contribution in [3.63, 3.8) is 0 Å². The molecule has 1 unspecified atom stereocenters. The number of nitrogens with zero attached hydrogens (tertiary/aromatic N) is 1. The Hall–Kier alpha value is -0.760. The lowest BCUT2D eigenvalue weighted by Crippen LogP contribution is -2.36. The van der Waals surface area contributed by atoms with Crippen molar-refractivity contribution in [2.75, 3.05) is 20.1 Å². The van der Waals surface area contributed by atoms with E-state index in [-0.39, 0.29) is 0 Å². The third-order valence-corrected chi connectivity index (χ3v) is 8.02. The lowest BCUT2D eigenvalue weighted by molar-refractivity contribution is 0.209. The van der Waals surface area contributed by atoms with Crippen LogP contribution in [0.5, 0.6) is 0 Å². The SMILES string of the molecule is C=C(C)CCCCCCCCC(CCCCCCCCC)N(CCCNC)C(=C)CCCCCCCC. The highest BCUT2D eigenvalue weighted by molar-refractivity contribution is 4.97. The molecule has 220 valence electrons. The Morgan fingerprint density at radius 1 is 0.595 bits per heavy atom. The van der Waals surface area contributed by atoms with E-state index in [0.29, 0.717) is 6.04 Å². The molecule has 1 N–H and O–H groups in total. The van der Waals surface area contributed by atoms with Crippen LogP contribution in [0.25, 0.3) is 0 Å². The second-order valence-electron chi connectivity index (χ2n) is 11.9. The van der Waals surface area contributed by atoms with Crippen molar-refractivity contribution in [1.29, 1.82) is 0 Å². The summed E-state index contributed by atoms with van der Waals surface area (Å²) in [6, 6.07) is 0.698. The van der Waals surface area contributed by atoms with Gasteiger partial charge in [0.25, 0.3) is 0 Å². The van der Waals surface area contributed by atoms with E-state index in [9.17, 15) is 0 Å². The van der Waals surface area contributed by atoms with Crippen LogP contribution in [0.4, 0.5) is 0 Å². The van der Waals surface area contributed by atoms with E-state index < -0.39 is 0 Å². The third-order valence-electron chi connectivity index (χ3n) is 8.02. The van der Waals surface area contributed by atoms with Crippen LogP contribution in [-0.2, 0) is 0 Å². The van der Waals surface area contributed by atoms with Crippen molar-refractivity contribution in [2.45, 2.75) is 181 Å². The highest BCUT2D eigenvalue weighted by Crippen LogP contribution is 2.25. The molecule has 2 nitrogen and oxygen atoms in total. The highest BCUT2D eigenvalue weighted by Gasteiger charge is 2.19. The molecule has 0 aromatic heterocycles. The average molecular weight is 519 g/mol. The molecule has 2 heteroatoms. The molecular formula is C35H70N2. The number of allylic oxidation sites excluding steroid dienone is 2. The maximum absolute atomic E-state index is 4.66. The summed E-state index contributed by atoms with van der Waals surface area (Å²) in [4.78, 5) is 2.77. The minimum atomic E-state index is 0.698. The quantitative estimate of drug-likeness (QED) is 0.0751. The molecule has 0 aromatic carbocycles. The van der Waals surface area contributed by atoms with E-state index in [2.05, 4.69) is 51.2 Å². The number of hydrogen-bond donors (Lipinski definition) is 1. The van der Waals surface area contributed by atoms with Crippen LogP contribution in [0.1, 0.15) is 175 Å². The third kappa shape index (κ3) is 24.0. The Labute approximate surface area is 235 Å². The summed E-state index contributed by atoms with van der Waals surface area (Å²) >= 11 is 0. The van der Waals surface area contributed by atoms with Crippen LogP contribution in [0.15, 0.2) is 24.4 Å². The van der Waals surface area contributed by atoms with Crippen molar-refractivity contribution in [3.8, 4) is 0 Å². The monoisotopic (exact) mass is 519 g/mol. The molecule has 0 rings (SSSR count). The number of nitrogens with one attached hydrogen (secondary N) is 1. The molecule has 0 amide bonds. The number of unbranched alkanes of at least 4 members (excludes halogenated alkanes) is 16. The summed E-state index contributed by atoms with van der Waals surface area (Å²) in [5.41, 5.74) is 2.77. The fourth-order valence-corrected chi connectivity index (χ4v) is 5.58. The molecule has 0 spiro atoms. The van der Waals surface area contributed by atoms with Gasteiger partial charge in [0.2, 0.25) is 0 Å². The van der Waals surface area contributed by atoms with Gasteiger partial charge in [-0.1, -0.05) is 135 Å². The Bertz CT molecular complexity index is 497. The molecule has 37 heavy (non-hydrogen) atoms. The molecule has 1 atom stereocenters. The largest absolute Gasteiger partial charge is 0.372 e. The fourth-order valence-electron chi connectivity index (χ4n) is 5.58. The molecule has 0 radical (unpaired) electrons. The van der Waals surface area contributed by atoms with Gasteiger partial charge in [-0.15, -0.1) is 6.58 Å². The van der Waals surface area contributed by atoms with Crippen LogP contribution in [-0.4, -0.2) is 31.1 Å². The van der Waals surface area contributed by atoms with Gasteiger partial charge in [-0.25, -0.2) is 0 Å². The summed E-state index contributed by atoms with van der Waals surface area (Å²) < 4.78 is 0. The molecule has 0 aromatic rings. The van der Waals surface area contributed by atoms with Crippen LogP contribution in [0, 0.1) is 0 Å². The molecule has 0 saturated heterocycles. The smallest absolute Gasteiger partial charge is 0.0286 e. The van der Waals surface area contributed by atoms with Gasteiger partial charge in [0, 0.05) is 18.3 Å². The van der Waals surface area contributed by atoms with E-state index in [1.807, 2.05) is 0 Å². The van der Waals surface area contributed by atoms with Crippen molar-refractivity contribution < 1.29 is 0 Å². The summed E-state index contributed by atoms with van der Waals surface area (Å²) in [6.07, 6.45) is 32.7. The summed E-state index contributed by atoms with van der Waals surface area (Å²) in [7, 11) is 2.09. The fraction of sp³-hybridized carbons (Fsp3) is 0.886. The average Bonchev–Trinajstić information content (AvgIpc) is 2.88. The van der Waals surface area contributed by atoms with Crippen molar-refractivity contribution in [2.24, 2.45) is 0 Å². The normalized spacial score (nSPS) is 12.1. The lowest BCUT2D eigenvalue weighted by Gasteiger charge is -2.36. The molecule has 0 aliphatic heterocycles. The highest BCUT2D eigenvalue weighted by atomic mass is 15.2. The standard InChI is InChI=1S/C35H70N2/c1-7-9-11-13-15-20-24-29-35(30-25-21-17-16-18-22-27-33(3)4)37(32-26-31-36-6)34(5)28-23-19-14-12-10-8-2/h35-36H,3,5,7-32H2,1-2,4,6H3. The minimum Gasteiger partial charge on any atom is -0.372 e. The molecular weight excluding hydrogens is 448 g/mol. The summed E-state index contributed by atoms with van der Waals surface area (Å²) in [6.45, 7) is 17.8. The zero-order valence-corrected chi connectivity index (χ0v) is 26.3. The second kappa shape index (κ2) is 28.3. The second-order valence-corrected chi connectivity index (χ2v) is 11.9. The Kier molecular flexibility index (Phi) is 27.7. The minimum absolute atomic E-state index is 0.698. The first kappa shape index (κ1) is 36.2. The van der Waals surface area contributed by atoms with Gasteiger partial charge >= 0.3 is 0 Å². The van der Waals surface area contributed by atoms with Crippen LogP contribution in [0.2, 0.25) is 0 Å². The molecule has 0 fully saturated rings. The Morgan fingerprint density at radius 2 is 1.03 bits per heavy atom. The summed E-state index contributed by atoms with van der Waals surface area (Å²) in [5, 5.41) is 3.37. The maximum Gasteiger partial charge on any atom is 0.0286 e. The maximum atomic E-state index is 4.66. The molecule has 0 aliphatic rings. The Morgan fingerprint density at radius 3 is 1.49 bits per heavy atom. The van der Waals surface area contributed by atoms with Gasteiger partial charge in [-0.2, -0.15) is 0 Å². The van der Waals surface area contributed by atoms with Gasteiger partial charge in [0.1, 0.15) is 0 Å². The molecule has 0 saturated carbocycles. The number of rotatable bonds is 30. The molecule has 0 heterocycles. The number of hydrogen-bond acceptors (Lipinski definition) is 2. The van der Waals surface area contributed by atoms with Crippen LogP contribution < -0.4 is 5.32 Å². The lowest BCUT2D eigenvalue weighted by atomic mass is 9.97. The summed E-state index contributed by atoms with van der Waals surface area (Å²) in [5.74, 6) is 0. The predicted octanol–water partition coefficient (Wildman–Crippen LogP) is 11.4. The van der Waals surface area contributed by atoms with E-state index in [1.165, 1.54) is 172 Å². The van der Waals surface area contributed by atoms with Crippen molar-refractivity contribution in [3.05, 3.63) is 24.4 Å². The first-order valence-electron chi connectivity index (χ1n) is 16.8. The predicted molar refractivity (Wildman–Crippen MR) is 171 cm³/mol. The zero-order chi connectivity index (χ0) is 27.4. The van der Waals surface area contributed by atoms with E-state index in [0.717, 1.165) is 6.54 Å². The van der Waals surface area contributed by atoms with Crippen LogP contribution in [0.3, 0.4) is 0 Å².